The van der Waals surface area contributed by atoms with E-state index < -0.39 is 18.5 Å². The van der Waals surface area contributed by atoms with Gasteiger partial charge in [-0.3, -0.25) is 4.79 Å². The number of carbonyl (C=O) groups is 2. The lowest BCUT2D eigenvalue weighted by Crippen LogP contribution is -2.22. The standard InChI is InChI=1S/C13H18N2O3/c1-3-15(4-2)11-7-5-10(6-8-11)13(17)18-9-12(14)16/h5-8H,3-4,9H2,1-2H3,(H2,14,16). The van der Waals surface area contributed by atoms with Crippen molar-refractivity contribution < 1.29 is 14.3 Å². The normalized spacial score (nSPS) is 9.89. The van der Waals surface area contributed by atoms with Crippen molar-refractivity contribution in [2.75, 3.05) is 24.6 Å². The molecule has 0 spiro atoms. The molecule has 1 aromatic rings. The number of ether oxygens (including phenoxy) is 1. The van der Waals surface area contributed by atoms with Gasteiger partial charge in [0.2, 0.25) is 0 Å². The maximum Gasteiger partial charge on any atom is 0.338 e. The Bertz CT molecular complexity index is 411. The van der Waals surface area contributed by atoms with Gasteiger partial charge in [0, 0.05) is 18.8 Å². The second kappa shape index (κ2) is 6.64. The SMILES string of the molecule is CCN(CC)c1ccc(C(=O)OCC(N)=O)cc1. The highest BCUT2D eigenvalue weighted by Crippen LogP contribution is 2.15. The predicted octanol–water partition coefficient (Wildman–Crippen LogP) is 1.17. The number of esters is 1. The lowest BCUT2D eigenvalue weighted by molar-refractivity contribution is -0.121. The molecule has 1 aromatic carbocycles. The highest BCUT2D eigenvalue weighted by atomic mass is 16.5. The summed E-state index contributed by atoms with van der Waals surface area (Å²) in [5, 5.41) is 0. The van der Waals surface area contributed by atoms with Crippen molar-refractivity contribution in [1.29, 1.82) is 0 Å². The van der Waals surface area contributed by atoms with Crippen molar-refractivity contribution >= 4 is 17.6 Å². The maximum atomic E-state index is 11.5. The molecule has 0 radical (unpaired) electrons. The zero-order valence-corrected chi connectivity index (χ0v) is 10.7. The molecule has 18 heavy (non-hydrogen) atoms. The number of rotatable bonds is 6. The molecule has 0 heterocycles. The molecule has 1 rings (SSSR count). The van der Waals surface area contributed by atoms with Crippen LogP contribution in [0.1, 0.15) is 24.2 Å². The van der Waals surface area contributed by atoms with E-state index in [4.69, 9.17) is 10.5 Å². The molecule has 0 bridgehead atoms. The molecule has 5 heteroatoms. The van der Waals surface area contributed by atoms with Crippen molar-refractivity contribution in [2.24, 2.45) is 5.73 Å². The molecule has 98 valence electrons. The molecule has 0 fully saturated rings. The number of carbonyl (C=O) groups excluding carboxylic acids is 2. The molecule has 0 saturated carbocycles. The van der Waals surface area contributed by atoms with E-state index in [2.05, 4.69) is 18.7 Å². The minimum absolute atomic E-state index is 0.392. The number of benzene rings is 1. The summed E-state index contributed by atoms with van der Waals surface area (Å²) >= 11 is 0. The molecule has 0 atom stereocenters. The quantitative estimate of drug-likeness (QED) is 0.769. The Hall–Kier alpha value is -2.04. The molecule has 0 aliphatic carbocycles. The first-order valence-corrected chi connectivity index (χ1v) is 5.88. The molecule has 1 amide bonds. The van der Waals surface area contributed by atoms with Crippen LogP contribution in [0.15, 0.2) is 24.3 Å². The van der Waals surface area contributed by atoms with E-state index in [1.807, 2.05) is 12.1 Å². The highest BCUT2D eigenvalue weighted by molar-refractivity contribution is 5.91. The Morgan fingerprint density at radius 1 is 1.17 bits per heavy atom. The van der Waals surface area contributed by atoms with Crippen molar-refractivity contribution in [3.8, 4) is 0 Å². The van der Waals surface area contributed by atoms with E-state index in [1.54, 1.807) is 12.1 Å². The number of amides is 1. The van der Waals surface area contributed by atoms with Gasteiger partial charge in [0.1, 0.15) is 0 Å². The van der Waals surface area contributed by atoms with Crippen LogP contribution in [0.5, 0.6) is 0 Å². The number of hydrogen-bond donors (Lipinski definition) is 1. The lowest BCUT2D eigenvalue weighted by Gasteiger charge is -2.20. The van der Waals surface area contributed by atoms with E-state index in [0.29, 0.717) is 5.56 Å². The zero-order chi connectivity index (χ0) is 13.5. The molecule has 0 aliphatic rings. The van der Waals surface area contributed by atoms with Crippen molar-refractivity contribution in [3.63, 3.8) is 0 Å². The summed E-state index contributed by atoms with van der Waals surface area (Å²) in [6, 6.07) is 7.07. The van der Waals surface area contributed by atoms with Gasteiger partial charge in [-0.15, -0.1) is 0 Å². The monoisotopic (exact) mass is 250 g/mol. The minimum atomic E-state index is -0.664. The molecule has 0 saturated heterocycles. The first-order valence-electron chi connectivity index (χ1n) is 5.88. The Labute approximate surface area is 107 Å². The fourth-order valence-electron chi connectivity index (χ4n) is 1.62. The van der Waals surface area contributed by atoms with Crippen LogP contribution in [0.3, 0.4) is 0 Å². The zero-order valence-electron chi connectivity index (χ0n) is 10.7. The number of nitrogens with zero attached hydrogens (tertiary/aromatic N) is 1. The Morgan fingerprint density at radius 3 is 2.17 bits per heavy atom. The predicted molar refractivity (Wildman–Crippen MR) is 69.5 cm³/mol. The van der Waals surface area contributed by atoms with Crippen LogP contribution in [-0.2, 0) is 9.53 Å². The third-order valence-corrected chi connectivity index (χ3v) is 2.58. The summed E-state index contributed by atoms with van der Waals surface area (Å²) in [7, 11) is 0. The lowest BCUT2D eigenvalue weighted by atomic mass is 10.2. The summed E-state index contributed by atoms with van der Waals surface area (Å²) in [5.74, 6) is -1.21. The number of anilines is 1. The summed E-state index contributed by atoms with van der Waals surface area (Å²) in [6.45, 7) is 5.55. The largest absolute Gasteiger partial charge is 0.452 e. The van der Waals surface area contributed by atoms with Gasteiger partial charge in [0.15, 0.2) is 6.61 Å². The van der Waals surface area contributed by atoms with Gasteiger partial charge in [-0.05, 0) is 38.1 Å². The third kappa shape index (κ3) is 3.76. The van der Waals surface area contributed by atoms with Gasteiger partial charge in [-0.1, -0.05) is 0 Å². The topological polar surface area (TPSA) is 72.6 Å². The van der Waals surface area contributed by atoms with Gasteiger partial charge < -0.3 is 15.4 Å². The van der Waals surface area contributed by atoms with Crippen LogP contribution in [0.2, 0.25) is 0 Å². The van der Waals surface area contributed by atoms with Gasteiger partial charge >= 0.3 is 5.97 Å². The molecular formula is C13H18N2O3. The number of primary amides is 1. The van der Waals surface area contributed by atoms with Crippen molar-refractivity contribution in [1.82, 2.24) is 0 Å². The molecule has 2 N–H and O–H groups in total. The molecule has 0 aromatic heterocycles. The fourth-order valence-corrected chi connectivity index (χ4v) is 1.62. The number of nitrogens with two attached hydrogens (primary N) is 1. The maximum absolute atomic E-state index is 11.5. The number of hydrogen-bond acceptors (Lipinski definition) is 4. The fraction of sp³-hybridized carbons (Fsp3) is 0.385. The average Bonchev–Trinajstić information content (AvgIpc) is 2.38. The molecule has 5 nitrogen and oxygen atoms in total. The second-order valence-corrected chi connectivity index (χ2v) is 3.76. The average molecular weight is 250 g/mol. The smallest absolute Gasteiger partial charge is 0.338 e. The second-order valence-electron chi connectivity index (χ2n) is 3.76. The first-order chi connectivity index (χ1) is 8.58. The van der Waals surface area contributed by atoms with Crippen LogP contribution in [-0.4, -0.2) is 31.6 Å². The van der Waals surface area contributed by atoms with E-state index in [1.165, 1.54) is 0 Å². The van der Waals surface area contributed by atoms with E-state index >= 15 is 0 Å². The van der Waals surface area contributed by atoms with Crippen molar-refractivity contribution in [2.45, 2.75) is 13.8 Å². The molecular weight excluding hydrogens is 232 g/mol. The van der Waals surface area contributed by atoms with E-state index in [0.717, 1.165) is 18.8 Å². The van der Waals surface area contributed by atoms with Gasteiger partial charge in [-0.2, -0.15) is 0 Å². The summed E-state index contributed by atoms with van der Waals surface area (Å²) < 4.78 is 4.72. The highest BCUT2D eigenvalue weighted by Gasteiger charge is 2.09. The molecule has 0 unspecified atom stereocenters. The molecule has 0 aliphatic heterocycles. The van der Waals surface area contributed by atoms with E-state index in [-0.39, 0.29) is 0 Å². The van der Waals surface area contributed by atoms with Crippen LogP contribution in [0.25, 0.3) is 0 Å². The summed E-state index contributed by atoms with van der Waals surface area (Å²) in [5.41, 5.74) is 6.35. The Balaban J connectivity index is 2.70. The van der Waals surface area contributed by atoms with E-state index in [9.17, 15) is 9.59 Å². The Morgan fingerprint density at radius 2 is 1.72 bits per heavy atom. The third-order valence-electron chi connectivity index (χ3n) is 2.58. The van der Waals surface area contributed by atoms with Crippen LogP contribution < -0.4 is 10.6 Å². The van der Waals surface area contributed by atoms with Gasteiger partial charge in [0.05, 0.1) is 5.56 Å². The van der Waals surface area contributed by atoms with Crippen LogP contribution in [0.4, 0.5) is 5.69 Å². The van der Waals surface area contributed by atoms with Crippen LogP contribution >= 0.6 is 0 Å². The Kier molecular flexibility index (Phi) is 5.17. The first kappa shape index (κ1) is 14.0. The summed E-state index contributed by atoms with van der Waals surface area (Å²) in [4.78, 5) is 24.2. The van der Waals surface area contributed by atoms with Crippen molar-refractivity contribution in [3.05, 3.63) is 29.8 Å². The van der Waals surface area contributed by atoms with Gasteiger partial charge in [-0.25, -0.2) is 4.79 Å². The van der Waals surface area contributed by atoms with Gasteiger partial charge in [0.25, 0.3) is 5.91 Å². The minimum Gasteiger partial charge on any atom is -0.452 e. The summed E-state index contributed by atoms with van der Waals surface area (Å²) in [6.07, 6.45) is 0. The van der Waals surface area contributed by atoms with Crippen LogP contribution in [0, 0.1) is 0 Å².